The van der Waals surface area contributed by atoms with Gasteiger partial charge in [-0.25, -0.2) is 0 Å². The van der Waals surface area contributed by atoms with Gasteiger partial charge in [-0.15, -0.1) is 10.2 Å². The molecule has 0 saturated carbocycles. The second-order valence-electron chi connectivity index (χ2n) is 7.04. The number of nitrogens with zero attached hydrogens (tertiary/aromatic N) is 3. The molecule has 0 unspecified atom stereocenters. The lowest BCUT2D eigenvalue weighted by Crippen LogP contribution is -2.19. The van der Waals surface area contributed by atoms with Gasteiger partial charge < -0.3 is 9.30 Å². The minimum absolute atomic E-state index is 0.0104. The highest BCUT2D eigenvalue weighted by molar-refractivity contribution is 7.15. The van der Waals surface area contributed by atoms with E-state index in [0.29, 0.717) is 5.13 Å². The van der Waals surface area contributed by atoms with E-state index < -0.39 is 0 Å². The lowest BCUT2D eigenvalue weighted by atomic mass is 10.1. The second-order valence-corrected chi connectivity index (χ2v) is 8.04. The van der Waals surface area contributed by atoms with Crippen LogP contribution >= 0.6 is 11.3 Å². The number of hydrogen-bond acceptors (Lipinski definition) is 5. The Labute approximate surface area is 172 Å². The minimum Gasteiger partial charge on any atom is -0.371 e. The van der Waals surface area contributed by atoms with Gasteiger partial charge in [0, 0.05) is 23.2 Å². The zero-order valence-electron chi connectivity index (χ0n) is 15.7. The summed E-state index contributed by atoms with van der Waals surface area (Å²) < 4.78 is 7.69. The summed E-state index contributed by atoms with van der Waals surface area (Å²) in [5.41, 5.74) is 3.12. The molecular formula is C22H20N4O2S. The van der Waals surface area contributed by atoms with Crippen molar-refractivity contribution in [3.05, 3.63) is 65.7 Å². The van der Waals surface area contributed by atoms with E-state index in [4.69, 9.17) is 4.74 Å². The fourth-order valence-corrected chi connectivity index (χ4v) is 4.56. The summed E-state index contributed by atoms with van der Waals surface area (Å²) >= 11 is 1.39. The van der Waals surface area contributed by atoms with Gasteiger partial charge in [-0.05, 0) is 30.5 Å². The Hall–Kier alpha value is -3.03. The fourth-order valence-electron chi connectivity index (χ4n) is 3.72. The van der Waals surface area contributed by atoms with Gasteiger partial charge in [0.15, 0.2) is 0 Å². The monoisotopic (exact) mass is 404 g/mol. The normalized spacial score (nSPS) is 16.3. The maximum Gasteiger partial charge on any atom is 0.246 e. The number of amides is 1. The molecular weight excluding hydrogens is 384 g/mol. The topological polar surface area (TPSA) is 69.0 Å². The number of carbonyl (C=O) groups is 1. The van der Waals surface area contributed by atoms with Crippen LogP contribution in [0, 0.1) is 0 Å². The van der Waals surface area contributed by atoms with E-state index in [-0.39, 0.29) is 18.6 Å². The molecule has 29 heavy (non-hydrogen) atoms. The molecule has 7 heteroatoms. The van der Waals surface area contributed by atoms with Crippen LogP contribution in [0.1, 0.15) is 24.0 Å². The van der Waals surface area contributed by atoms with E-state index >= 15 is 0 Å². The van der Waals surface area contributed by atoms with Gasteiger partial charge in [0.05, 0.1) is 0 Å². The van der Waals surface area contributed by atoms with Crippen molar-refractivity contribution < 1.29 is 9.53 Å². The van der Waals surface area contributed by atoms with E-state index in [2.05, 4.69) is 39.8 Å². The Morgan fingerprint density at radius 3 is 2.79 bits per heavy atom. The maximum absolute atomic E-state index is 12.8. The summed E-state index contributed by atoms with van der Waals surface area (Å²) in [4.78, 5) is 12.8. The Morgan fingerprint density at radius 1 is 1.14 bits per heavy atom. The number of ether oxygens (including phenoxy) is 1. The Morgan fingerprint density at radius 2 is 1.97 bits per heavy atom. The molecule has 1 aliphatic rings. The summed E-state index contributed by atoms with van der Waals surface area (Å²) in [6, 6.07) is 20.3. The number of rotatable bonds is 5. The highest BCUT2D eigenvalue weighted by atomic mass is 32.1. The standard InChI is InChI=1S/C22H20N4O2S/c27-20(23-22-25-24-21(29-22)19-11-6-12-28-19)14-26-17-10-5-4-9-16(17)13-18(26)15-7-2-1-3-8-15/h1-5,7-10,13,19H,6,11-12,14H2,(H,23,25,27)/t19-/m1/s1. The van der Waals surface area contributed by atoms with Crippen molar-refractivity contribution in [2.45, 2.75) is 25.5 Å². The number of nitrogens with one attached hydrogen (secondary N) is 1. The van der Waals surface area contributed by atoms with E-state index in [9.17, 15) is 4.79 Å². The second kappa shape index (κ2) is 7.77. The van der Waals surface area contributed by atoms with Crippen LogP contribution < -0.4 is 5.32 Å². The van der Waals surface area contributed by atoms with Crippen LogP contribution in [0.2, 0.25) is 0 Å². The minimum atomic E-state index is -0.126. The van der Waals surface area contributed by atoms with Crippen LogP contribution in [-0.4, -0.2) is 27.3 Å². The lowest BCUT2D eigenvalue weighted by Gasteiger charge is -2.10. The number of para-hydroxylation sites is 1. The molecule has 1 aliphatic heterocycles. The number of carbonyl (C=O) groups excluding carboxylic acids is 1. The quantitative estimate of drug-likeness (QED) is 0.526. The third-order valence-corrected chi connectivity index (χ3v) is 6.00. The molecule has 1 saturated heterocycles. The molecule has 1 fully saturated rings. The van der Waals surface area contributed by atoms with Gasteiger partial charge in [0.2, 0.25) is 11.0 Å². The zero-order valence-corrected chi connectivity index (χ0v) is 16.6. The smallest absolute Gasteiger partial charge is 0.246 e. The first-order valence-electron chi connectivity index (χ1n) is 9.66. The largest absolute Gasteiger partial charge is 0.371 e. The van der Waals surface area contributed by atoms with Crippen LogP contribution in [0.15, 0.2) is 60.7 Å². The van der Waals surface area contributed by atoms with Gasteiger partial charge in [-0.3, -0.25) is 10.1 Å². The summed E-state index contributed by atoms with van der Waals surface area (Å²) in [5, 5.41) is 13.7. The summed E-state index contributed by atoms with van der Waals surface area (Å²) in [7, 11) is 0. The molecule has 146 valence electrons. The van der Waals surface area contributed by atoms with Crippen LogP contribution in [0.5, 0.6) is 0 Å². The van der Waals surface area contributed by atoms with Crippen LogP contribution in [0.25, 0.3) is 22.2 Å². The average Bonchev–Trinajstić information content (AvgIpc) is 3.49. The Bertz CT molecular complexity index is 1150. The lowest BCUT2D eigenvalue weighted by molar-refractivity contribution is -0.116. The van der Waals surface area contributed by atoms with Gasteiger partial charge in [0.1, 0.15) is 17.7 Å². The number of aromatic nitrogens is 3. The Balaban J connectivity index is 1.40. The van der Waals surface area contributed by atoms with Crippen LogP contribution in [-0.2, 0) is 16.1 Å². The van der Waals surface area contributed by atoms with Crippen LogP contribution in [0.4, 0.5) is 5.13 Å². The van der Waals surface area contributed by atoms with E-state index in [1.807, 2.05) is 41.0 Å². The molecule has 3 heterocycles. The van der Waals surface area contributed by atoms with Crippen molar-refractivity contribution in [3.63, 3.8) is 0 Å². The zero-order chi connectivity index (χ0) is 19.6. The first-order valence-corrected chi connectivity index (χ1v) is 10.5. The van der Waals surface area contributed by atoms with Gasteiger partial charge in [-0.2, -0.15) is 0 Å². The van der Waals surface area contributed by atoms with Gasteiger partial charge in [-0.1, -0.05) is 59.9 Å². The molecule has 1 atom stereocenters. The van der Waals surface area contributed by atoms with Crippen molar-refractivity contribution in [1.82, 2.24) is 14.8 Å². The van der Waals surface area contributed by atoms with Crippen molar-refractivity contribution in [2.24, 2.45) is 0 Å². The summed E-state index contributed by atoms with van der Waals surface area (Å²) in [5.74, 6) is -0.126. The molecule has 0 aliphatic carbocycles. The molecule has 5 rings (SSSR count). The van der Waals surface area contributed by atoms with E-state index in [1.165, 1.54) is 11.3 Å². The molecule has 1 N–H and O–H groups in total. The van der Waals surface area contributed by atoms with E-state index in [0.717, 1.165) is 46.6 Å². The molecule has 0 spiro atoms. The number of anilines is 1. The van der Waals surface area contributed by atoms with Gasteiger partial charge >= 0.3 is 0 Å². The third kappa shape index (κ3) is 3.66. The first-order chi connectivity index (χ1) is 14.3. The average molecular weight is 404 g/mol. The van der Waals surface area contributed by atoms with E-state index in [1.54, 1.807) is 0 Å². The first kappa shape index (κ1) is 18.0. The molecule has 1 amide bonds. The van der Waals surface area contributed by atoms with Crippen molar-refractivity contribution >= 4 is 33.3 Å². The number of benzene rings is 2. The molecule has 2 aromatic heterocycles. The molecule has 6 nitrogen and oxygen atoms in total. The fraction of sp³-hybridized carbons (Fsp3) is 0.227. The highest BCUT2D eigenvalue weighted by Gasteiger charge is 2.22. The molecule has 4 aromatic rings. The highest BCUT2D eigenvalue weighted by Crippen LogP contribution is 2.32. The maximum atomic E-state index is 12.8. The number of fused-ring (bicyclic) bond motifs is 1. The molecule has 0 radical (unpaired) electrons. The van der Waals surface area contributed by atoms with Gasteiger partial charge in [0.25, 0.3) is 0 Å². The third-order valence-electron chi connectivity index (χ3n) is 5.07. The van der Waals surface area contributed by atoms with Crippen molar-refractivity contribution in [3.8, 4) is 11.3 Å². The Kier molecular flexibility index (Phi) is 4.83. The van der Waals surface area contributed by atoms with Crippen LogP contribution in [0.3, 0.4) is 0 Å². The summed E-state index contributed by atoms with van der Waals surface area (Å²) in [6.07, 6.45) is 2.00. The van der Waals surface area contributed by atoms with Crippen molar-refractivity contribution in [1.29, 1.82) is 0 Å². The molecule has 0 bridgehead atoms. The predicted molar refractivity (Wildman–Crippen MR) is 114 cm³/mol. The SMILES string of the molecule is O=C(Cn1c(-c2ccccc2)cc2ccccc21)Nc1nnc([C@H]2CCCO2)s1. The summed E-state index contributed by atoms with van der Waals surface area (Å²) in [6.45, 7) is 0.960. The number of hydrogen-bond donors (Lipinski definition) is 1. The van der Waals surface area contributed by atoms with Crippen molar-refractivity contribution in [2.75, 3.05) is 11.9 Å². The predicted octanol–water partition coefficient (Wildman–Crippen LogP) is 4.65. The molecule has 2 aromatic carbocycles.